The molecular formula is C17H18O4. The minimum absolute atomic E-state index is 0.157. The summed E-state index contributed by atoms with van der Waals surface area (Å²) in [6, 6.07) is 18.4. The Kier molecular flexibility index (Phi) is 5.94. The van der Waals surface area contributed by atoms with Crippen LogP contribution in [-0.4, -0.2) is 30.4 Å². The van der Waals surface area contributed by atoms with Gasteiger partial charge in [-0.25, -0.2) is 4.79 Å². The molecule has 1 N–H and O–H groups in total. The zero-order valence-corrected chi connectivity index (χ0v) is 11.6. The smallest absolute Gasteiger partial charge is 0.338 e. The molecule has 2 rings (SSSR count). The number of rotatable bonds is 7. The lowest BCUT2D eigenvalue weighted by Gasteiger charge is -2.15. The third-order valence-corrected chi connectivity index (χ3v) is 2.90. The third kappa shape index (κ3) is 5.02. The second-order valence-electron chi connectivity index (χ2n) is 4.58. The summed E-state index contributed by atoms with van der Waals surface area (Å²) in [5.41, 5.74) is 1.49. The molecule has 0 heterocycles. The van der Waals surface area contributed by atoms with Crippen LogP contribution in [0, 0.1) is 0 Å². The highest BCUT2D eigenvalue weighted by molar-refractivity contribution is 5.89. The molecule has 0 aliphatic rings. The second-order valence-corrected chi connectivity index (χ2v) is 4.58. The number of ether oxygens (including phenoxy) is 2. The van der Waals surface area contributed by atoms with E-state index in [1.165, 1.54) is 0 Å². The summed E-state index contributed by atoms with van der Waals surface area (Å²) in [4.78, 5) is 11.9. The Morgan fingerprint density at radius 1 is 1.00 bits per heavy atom. The van der Waals surface area contributed by atoms with Gasteiger partial charge in [-0.1, -0.05) is 48.5 Å². The van der Waals surface area contributed by atoms with E-state index in [9.17, 15) is 9.90 Å². The molecule has 110 valence electrons. The van der Waals surface area contributed by atoms with Gasteiger partial charge in [0.25, 0.3) is 0 Å². The number of carbonyl (C=O) groups is 1. The van der Waals surface area contributed by atoms with Crippen molar-refractivity contribution in [2.75, 3.05) is 13.2 Å². The van der Waals surface area contributed by atoms with Crippen molar-refractivity contribution in [1.29, 1.82) is 0 Å². The Hall–Kier alpha value is -2.17. The first-order valence-corrected chi connectivity index (χ1v) is 6.78. The fourth-order valence-corrected chi connectivity index (χ4v) is 1.80. The summed E-state index contributed by atoms with van der Waals surface area (Å²) in [5.74, 6) is -0.460. The first-order chi connectivity index (χ1) is 10.3. The van der Waals surface area contributed by atoms with E-state index < -0.39 is 12.1 Å². The van der Waals surface area contributed by atoms with Crippen LogP contribution in [0.25, 0.3) is 0 Å². The molecule has 0 amide bonds. The lowest BCUT2D eigenvalue weighted by molar-refractivity contribution is -0.0274. The quantitative estimate of drug-likeness (QED) is 0.794. The van der Waals surface area contributed by atoms with Crippen molar-refractivity contribution in [2.45, 2.75) is 12.7 Å². The average molecular weight is 286 g/mol. The van der Waals surface area contributed by atoms with Gasteiger partial charge in [0.15, 0.2) is 0 Å². The Morgan fingerprint density at radius 2 is 1.62 bits per heavy atom. The van der Waals surface area contributed by atoms with Crippen LogP contribution in [0.2, 0.25) is 0 Å². The maximum Gasteiger partial charge on any atom is 0.338 e. The van der Waals surface area contributed by atoms with Crippen molar-refractivity contribution >= 4 is 5.97 Å². The molecule has 2 aromatic carbocycles. The molecule has 2 aromatic rings. The van der Waals surface area contributed by atoms with Gasteiger partial charge in [-0.2, -0.15) is 0 Å². The fourth-order valence-electron chi connectivity index (χ4n) is 1.80. The molecule has 0 saturated carbocycles. The summed E-state index contributed by atoms with van der Waals surface area (Å²) in [5, 5.41) is 9.26. The standard InChI is InChI=1S/C17H18O4/c18-11-16(13-20-12-14-7-3-1-4-8-14)21-17(19)15-9-5-2-6-10-15/h1-10,16,18H,11-13H2. The van der Waals surface area contributed by atoms with Gasteiger partial charge >= 0.3 is 5.97 Å². The maximum absolute atomic E-state index is 11.9. The summed E-state index contributed by atoms with van der Waals surface area (Å²) in [7, 11) is 0. The first-order valence-electron chi connectivity index (χ1n) is 6.78. The highest BCUT2D eigenvalue weighted by atomic mass is 16.6. The SMILES string of the molecule is O=C(OC(CO)COCc1ccccc1)c1ccccc1. The Morgan fingerprint density at radius 3 is 2.24 bits per heavy atom. The van der Waals surface area contributed by atoms with Crippen LogP contribution in [-0.2, 0) is 16.1 Å². The molecule has 0 saturated heterocycles. The molecular weight excluding hydrogens is 268 g/mol. The van der Waals surface area contributed by atoms with E-state index in [-0.39, 0.29) is 13.2 Å². The summed E-state index contributed by atoms with van der Waals surface area (Å²) < 4.78 is 10.7. The first kappa shape index (κ1) is 15.2. The van der Waals surface area contributed by atoms with Crippen molar-refractivity contribution in [3.63, 3.8) is 0 Å². The zero-order chi connectivity index (χ0) is 14.9. The Bertz CT molecular complexity index is 539. The van der Waals surface area contributed by atoms with Gasteiger partial charge in [0.1, 0.15) is 6.10 Å². The van der Waals surface area contributed by atoms with Crippen LogP contribution >= 0.6 is 0 Å². The van der Waals surface area contributed by atoms with E-state index in [1.54, 1.807) is 24.3 Å². The van der Waals surface area contributed by atoms with Gasteiger partial charge in [0, 0.05) is 0 Å². The van der Waals surface area contributed by atoms with Gasteiger partial charge in [-0.3, -0.25) is 0 Å². The molecule has 0 spiro atoms. The number of aliphatic hydroxyl groups is 1. The zero-order valence-electron chi connectivity index (χ0n) is 11.6. The predicted octanol–water partition coefficient (Wildman–Crippen LogP) is 2.42. The molecule has 0 aliphatic heterocycles. The second kappa shape index (κ2) is 8.19. The van der Waals surface area contributed by atoms with E-state index in [4.69, 9.17) is 9.47 Å². The van der Waals surface area contributed by atoms with E-state index in [0.717, 1.165) is 5.56 Å². The highest BCUT2D eigenvalue weighted by Gasteiger charge is 2.15. The van der Waals surface area contributed by atoms with Gasteiger partial charge in [0.05, 0.1) is 25.4 Å². The third-order valence-electron chi connectivity index (χ3n) is 2.90. The molecule has 1 unspecified atom stereocenters. The summed E-state index contributed by atoms with van der Waals surface area (Å²) >= 11 is 0. The molecule has 0 aliphatic carbocycles. The van der Waals surface area contributed by atoms with Gasteiger partial charge in [-0.15, -0.1) is 0 Å². The van der Waals surface area contributed by atoms with Crippen molar-refractivity contribution in [2.24, 2.45) is 0 Å². The molecule has 21 heavy (non-hydrogen) atoms. The molecule has 0 radical (unpaired) electrons. The normalized spacial score (nSPS) is 11.9. The molecule has 1 atom stereocenters. The van der Waals surface area contributed by atoms with Gasteiger partial charge < -0.3 is 14.6 Å². The number of aliphatic hydroxyl groups excluding tert-OH is 1. The lowest BCUT2D eigenvalue weighted by atomic mass is 10.2. The Balaban J connectivity index is 1.79. The molecule has 0 fully saturated rings. The van der Waals surface area contributed by atoms with Gasteiger partial charge in [-0.05, 0) is 17.7 Å². The lowest BCUT2D eigenvalue weighted by Crippen LogP contribution is -2.27. The number of esters is 1. The van der Waals surface area contributed by atoms with Crippen molar-refractivity contribution in [3.8, 4) is 0 Å². The molecule has 0 bridgehead atoms. The van der Waals surface area contributed by atoms with Crippen molar-refractivity contribution in [1.82, 2.24) is 0 Å². The molecule has 4 heteroatoms. The van der Waals surface area contributed by atoms with E-state index in [1.807, 2.05) is 36.4 Å². The molecule has 4 nitrogen and oxygen atoms in total. The highest BCUT2D eigenvalue weighted by Crippen LogP contribution is 2.06. The maximum atomic E-state index is 11.9. The Labute approximate surface area is 123 Å². The number of hydrogen-bond acceptors (Lipinski definition) is 4. The minimum atomic E-state index is -0.665. The van der Waals surface area contributed by atoms with E-state index in [0.29, 0.717) is 12.2 Å². The van der Waals surface area contributed by atoms with Gasteiger partial charge in [0.2, 0.25) is 0 Å². The van der Waals surface area contributed by atoms with E-state index >= 15 is 0 Å². The number of hydrogen-bond donors (Lipinski definition) is 1. The van der Waals surface area contributed by atoms with Crippen molar-refractivity contribution in [3.05, 3.63) is 71.8 Å². The summed E-state index contributed by atoms with van der Waals surface area (Å²) in [6.45, 7) is 0.303. The number of benzene rings is 2. The average Bonchev–Trinajstić information content (AvgIpc) is 2.55. The van der Waals surface area contributed by atoms with Crippen LogP contribution in [0.4, 0.5) is 0 Å². The minimum Gasteiger partial charge on any atom is -0.454 e. The largest absolute Gasteiger partial charge is 0.454 e. The van der Waals surface area contributed by atoms with E-state index in [2.05, 4.69) is 0 Å². The summed E-state index contributed by atoms with van der Waals surface area (Å²) in [6.07, 6.45) is -0.665. The van der Waals surface area contributed by atoms with Crippen molar-refractivity contribution < 1.29 is 19.4 Å². The monoisotopic (exact) mass is 286 g/mol. The van der Waals surface area contributed by atoms with Crippen LogP contribution in [0.15, 0.2) is 60.7 Å². The van der Waals surface area contributed by atoms with Crippen LogP contribution in [0.5, 0.6) is 0 Å². The van der Waals surface area contributed by atoms with Crippen LogP contribution in [0.1, 0.15) is 15.9 Å². The van der Waals surface area contributed by atoms with Crippen LogP contribution in [0.3, 0.4) is 0 Å². The predicted molar refractivity (Wildman–Crippen MR) is 78.8 cm³/mol. The van der Waals surface area contributed by atoms with Crippen LogP contribution < -0.4 is 0 Å². The number of carbonyl (C=O) groups excluding carboxylic acids is 1. The topological polar surface area (TPSA) is 55.8 Å². The molecule has 0 aromatic heterocycles. The fraction of sp³-hybridized carbons (Fsp3) is 0.235.